The molecule has 3 fully saturated rings. The molecule has 1 aliphatic carbocycles. The highest BCUT2D eigenvalue weighted by atomic mass is 16.5. The number of rotatable bonds is 3. The Labute approximate surface area is 169 Å². The van der Waals surface area contributed by atoms with Crippen molar-refractivity contribution in [1.29, 1.82) is 0 Å². The highest BCUT2D eigenvalue weighted by Gasteiger charge is 2.45. The van der Waals surface area contributed by atoms with Gasteiger partial charge in [-0.2, -0.15) is 0 Å². The summed E-state index contributed by atoms with van der Waals surface area (Å²) < 4.78 is 7.10. The third kappa shape index (κ3) is 3.56. The van der Waals surface area contributed by atoms with Crippen LogP contribution < -0.4 is 5.32 Å². The maximum Gasteiger partial charge on any atom is 0.141 e. The fourth-order valence-electron chi connectivity index (χ4n) is 5.09. The van der Waals surface area contributed by atoms with Gasteiger partial charge < -0.3 is 9.84 Å². The smallest absolute Gasteiger partial charge is 0.141 e. The van der Waals surface area contributed by atoms with Gasteiger partial charge in [-0.1, -0.05) is 23.8 Å². The second-order valence-corrected chi connectivity index (χ2v) is 8.25. The molecule has 3 aliphatic rings. The molecule has 1 aromatic carbocycles. The van der Waals surface area contributed by atoms with E-state index in [0.29, 0.717) is 17.9 Å². The second-order valence-electron chi connectivity index (χ2n) is 8.25. The van der Waals surface area contributed by atoms with Crippen LogP contribution in [-0.4, -0.2) is 69.3 Å². The van der Waals surface area contributed by atoms with Gasteiger partial charge in [-0.05, 0) is 25.0 Å². The van der Waals surface area contributed by atoms with E-state index >= 15 is 0 Å². The number of fused-ring (bicyclic) bond motifs is 1. The number of Topliss-reactive ketones (excluding diaryl/α,β-unsaturated/α-hetero) is 1. The van der Waals surface area contributed by atoms with E-state index in [1.807, 2.05) is 18.3 Å². The standard InChI is InChI=1S/C21H27N5O3/c27-18-7-2-1-6-17(18)26-13-16(23-24-26)14-4-3-5-15-19(28)12-20(22-21(14)15)25-8-10-29-11-9-25/h1-2,6-7,13-15,20-22,27H,3-5,8-12H2. The number of para-hydroxylation sites is 2. The van der Waals surface area contributed by atoms with Crippen molar-refractivity contribution < 1.29 is 14.6 Å². The summed E-state index contributed by atoms with van der Waals surface area (Å²) in [6, 6.07) is 7.18. The fraction of sp³-hybridized carbons (Fsp3) is 0.571. The molecule has 2 saturated heterocycles. The molecule has 1 aromatic heterocycles. The molecule has 0 spiro atoms. The lowest BCUT2D eigenvalue weighted by atomic mass is 9.71. The predicted molar refractivity (Wildman–Crippen MR) is 106 cm³/mol. The quantitative estimate of drug-likeness (QED) is 0.810. The Morgan fingerprint density at radius 2 is 1.93 bits per heavy atom. The zero-order chi connectivity index (χ0) is 19.8. The number of ketones is 1. The summed E-state index contributed by atoms with van der Waals surface area (Å²) in [5.74, 6) is 0.717. The number of nitrogens with one attached hydrogen (secondary N) is 1. The first-order chi connectivity index (χ1) is 14.2. The van der Waals surface area contributed by atoms with Crippen LogP contribution in [0.25, 0.3) is 5.69 Å². The Morgan fingerprint density at radius 3 is 2.76 bits per heavy atom. The number of carbonyl (C=O) groups excluding carboxylic acids is 1. The van der Waals surface area contributed by atoms with Gasteiger partial charge in [0.2, 0.25) is 0 Å². The summed E-state index contributed by atoms with van der Waals surface area (Å²) in [5, 5.41) is 22.6. The molecule has 3 heterocycles. The normalized spacial score (nSPS) is 30.8. The zero-order valence-corrected chi connectivity index (χ0v) is 16.4. The van der Waals surface area contributed by atoms with E-state index in [9.17, 15) is 9.90 Å². The molecule has 8 nitrogen and oxygen atoms in total. The summed E-state index contributed by atoms with van der Waals surface area (Å²) >= 11 is 0. The van der Waals surface area contributed by atoms with Gasteiger partial charge >= 0.3 is 0 Å². The molecule has 0 bridgehead atoms. The number of piperidine rings is 1. The number of aromatic nitrogens is 3. The summed E-state index contributed by atoms with van der Waals surface area (Å²) in [5.41, 5.74) is 1.49. The van der Waals surface area contributed by atoms with Crippen molar-refractivity contribution in [3.63, 3.8) is 0 Å². The summed E-state index contributed by atoms with van der Waals surface area (Å²) in [4.78, 5) is 15.3. The van der Waals surface area contributed by atoms with Crippen molar-refractivity contribution in [2.45, 2.75) is 43.8 Å². The van der Waals surface area contributed by atoms with Crippen molar-refractivity contribution in [2.75, 3.05) is 26.3 Å². The maximum absolute atomic E-state index is 13.0. The van der Waals surface area contributed by atoms with Crippen LogP contribution in [0.3, 0.4) is 0 Å². The largest absolute Gasteiger partial charge is 0.506 e. The minimum atomic E-state index is 0.0429. The molecule has 2 N–H and O–H groups in total. The van der Waals surface area contributed by atoms with E-state index in [4.69, 9.17) is 4.74 Å². The molecule has 2 aromatic rings. The molecular weight excluding hydrogens is 370 g/mol. The Kier molecular flexibility index (Phi) is 5.07. The molecule has 8 heteroatoms. The molecule has 29 heavy (non-hydrogen) atoms. The summed E-state index contributed by atoms with van der Waals surface area (Å²) in [6.07, 6.45) is 5.48. The van der Waals surface area contributed by atoms with E-state index in [0.717, 1.165) is 51.3 Å². The maximum atomic E-state index is 13.0. The average Bonchev–Trinajstić information content (AvgIpc) is 3.24. The Hall–Kier alpha value is -2.29. The lowest BCUT2D eigenvalue weighted by Crippen LogP contribution is -2.62. The van der Waals surface area contributed by atoms with E-state index in [1.165, 1.54) is 0 Å². The molecule has 4 unspecified atom stereocenters. The average molecular weight is 397 g/mol. The Balaban J connectivity index is 1.40. The van der Waals surface area contributed by atoms with Gasteiger partial charge in [-0.15, -0.1) is 5.10 Å². The number of phenolic OH excluding ortho intramolecular Hbond substituents is 1. The number of carbonyl (C=O) groups is 1. The minimum absolute atomic E-state index is 0.0429. The van der Waals surface area contributed by atoms with Crippen LogP contribution in [0, 0.1) is 5.92 Å². The van der Waals surface area contributed by atoms with Gasteiger partial charge in [-0.25, -0.2) is 4.68 Å². The van der Waals surface area contributed by atoms with Crippen LogP contribution in [0.1, 0.15) is 37.3 Å². The van der Waals surface area contributed by atoms with Gasteiger partial charge in [0, 0.05) is 37.4 Å². The lowest BCUT2D eigenvalue weighted by molar-refractivity contribution is -0.131. The van der Waals surface area contributed by atoms with Crippen molar-refractivity contribution in [2.24, 2.45) is 5.92 Å². The number of aromatic hydroxyl groups is 1. The molecule has 154 valence electrons. The Bertz CT molecular complexity index is 879. The minimum Gasteiger partial charge on any atom is -0.506 e. The molecular formula is C21H27N5O3. The SMILES string of the molecule is O=C1CC(N2CCOCC2)NC2C1CCCC2c1cn(-c2ccccc2O)nn1. The first kappa shape index (κ1) is 18.7. The van der Waals surface area contributed by atoms with Crippen molar-refractivity contribution in [1.82, 2.24) is 25.2 Å². The van der Waals surface area contributed by atoms with Crippen LogP contribution in [0.5, 0.6) is 5.75 Å². The van der Waals surface area contributed by atoms with Crippen LogP contribution in [0.4, 0.5) is 0 Å². The molecule has 0 radical (unpaired) electrons. The highest BCUT2D eigenvalue weighted by Crippen LogP contribution is 2.39. The van der Waals surface area contributed by atoms with Crippen LogP contribution in [-0.2, 0) is 9.53 Å². The molecule has 0 amide bonds. The highest BCUT2D eigenvalue weighted by molar-refractivity contribution is 5.83. The Morgan fingerprint density at radius 1 is 1.14 bits per heavy atom. The lowest BCUT2D eigenvalue weighted by Gasteiger charge is -2.47. The van der Waals surface area contributed by atoms with Gasteiger partial charge in [0.05, 0.1) is 31.3 Å². The van der Waals surface area contributed by atoms with Gasteiger partial charge in [-0.3, -0.25) is 15.0 Å². The van der Waals surface area contributed by atoms with E-state index in [1.54, 1.807) is 16.8 Å². The fourth-order valence-corrected chi connectivity index (χ4v) is 5.09. The monoisotopic (exact) mass is 397 g/mol. The van der Waals surface area contributed by atoms with E-state index in [2.05, 4.69) is 20.5 Å². The zero-order valence-electron chi connectivity index (χ0n) is 16.4. The van der Waals surface area contributed by atoms with Gasteiger partial charge in [0.25, 0.3) is 0 Å². The van der Waals surface area contributed by atoms with Crippen LogP contribution in [0.15, 0.2) is 30.5 Å². The first-order valence-electron chi connectivity index (χ1n) is 10.5. The molecule has 1 saturated carbocycles. The molecule has 5 rings (SSSR count). The number of phenols is 1. The van der Waals surface area contributed by atoms with Crippen molar-refractivity contribution in [3.05, 3.63) is 36.2 Å². The van der Waals surface area contributed by atoms with Gasteiger partial charge in [0.1, 0.15) is 17.2 Å². The van der Waals surface area contributed by atoms with Gasteiger partial charge in [0.15, 0.2) is 0 Å². The molecule has 2 aliphatic heterocycles. The number of nitrogens with zero attached hydrogens (tertiary/aromatic N) is 4. The number of benzene rings is 1. The van der Waals surface area contributed by atoms with Crippen LogP contribution >= 0.6 is 0 Å². The van der Waals surface area contributed by atoms with E-state index in [-0.39, 0.29) is 29.8 Å². The van der Waals surface area contributed by atoms with Crippen LogP contribution in [0.2, 0.25) is 0 Å². The van der Waals surface area contributed by atoms with Crippen molar-refractivity contribution >= 4 is 5.78 Å². The van der Waals surface area contributed by atoms with Crippen molar-refractivity contribution in [3.8, 4) is 11.4 Å². The van der Waals surface area contributed by atoms with E-state index < -0.39 is 0 Å². The first-order valence-corrected chi connectivity index (χ1v) is 10.5. The number of morpholine rings is 1. The third-order valence-corrected chi connectivity index (χ3v) is 6.60. The number of hydrogen-bond donors (Lipinski definition) is 2. The molecule has 4 atom stereocenters. The summed E-state index contributed by atoms with van der Waals surface area (Å²) in [7, 11) is 0. The predicted octanol–water partition coefficient (Wildman–Crippen LogP) is 1.45. The second kappa shape index (κ2) is 7.85. The number of ether oxygens (including phenoxy) is 1. The topological polar surface area (TPSA) is 92.5 Å². The number of hydrogen-bond acceptors (Lipinski definition) is 7. The summed E-state index contributed by atoms with van der Waals surface area (Å²) in [6.45, 7) is 3.16. The third-order valence-electron chi connectivity index (χ3n) is 6.60.